The van der Waals surface area contributed by atoms with Crippen LogP contribution in [-0.2, 0) is 4.79 Å². The van der Waals surface area contributed by atoms with Crippen LogP contribution in [0.25, 0.3) is 0 Å². The minimum Gasteiger partial charge on any atom is -0.484 e. The molecule has 0 aliphatic carbocycles. The molecular formula is C23H22ClN3O3S. The largest absolute Gasteiger partial charge is 0.484 e. The van der Waals surface area contributed by atoms with Crippen LogP contribution in [0.3, 0.4) is 0 Å². The number of thiophene rings is 1. The van der Waals surface area contributed by atoms with Gasteiger partial charge in [0.25, 0.3) is 11.8 Å². The van der Waals surface area contributed by atoms with E-state index in [0.29, 0.717) is 29.5 Å². The molecule has 0 saturated carbocycles. The van der Waals surface area contributed by atoms with Crippen molar-refractivity contribution in [3.05, 3.63) is 75.9 Å². The minimum atomic E-state index is -0.233. The third-order valence-electron chi connectivity index (χ3n) is 5.00. The van der Waals surface area contributed by atoms with E-state index in [0.717, 1.165) is 23.7 Å². The van der Waals surface area contributed by atoms with Crippen LogP contribution in [0.15, 0.2) is 66.0 Å². The lowest BCUT2D eigenvalue weighted by Crippen LogP contribution is -2.48. The standard InChI is InChI=1S/C23H22ClN3O3S/c24-17-3-9-20(10-4-17)30-16-22(28)25-18-5-7-19(8-6-18)26-11-13-27(14-12-26)23(29)21-2-1-15-31-21/h1-10,15H,11-14,16H2,(H,25,28). The van der Waals surface area contributed by atoms with E-state index >= 15 is 0 Å². The summed E-state index contributed by atoms with van der Waals surface area (Å²) in [5.74, 6) is 0.462. The molecule has 1 N–H and O–H groups in total. The zero-order valence-corrected chi connectivity index (χ0v) is 18.4. The molecule has 1 aliphatic heterocycles. The Morgan fingerprint density at radius 3 is 2.32 bits per heavy atom. The number of carbonyl (C=O) groups is 2. The van der Waals surface area contributed by atoms with Gasteiger partial charge in [-0.2, -0.15) is 0 Å². The maximum atomic E-state index is 12.5. The summed E-state index contributed by atoms with van der Waals surface area (Å²) in [7, 11) is 0. The molecule has 1 aromatic heterocycles. The molecule has 0 radical (unpaired) electrons. The van der Waals surface area contributed by atoms with Gasteiger partial charge in [0, 0.05) is 42.6 Å². The zero-order chi connectivity index (χ0) is 21.6. The molecule has 2 aromatic carbocycles. The molecule has 0 spiro atoms. The quantitative estimate of drug-likeness (QED) is 0.599. The van der Waals surface area contributed by atoms with Crippen molar-refractivity contribution in [1.29, 1.82) is 0 Å². The first kappa shape index (κ1) is 21.2. The average Bonchev–Trinajstić information content (AvgIpc) is 3.34. The third kappa shape index (κ3) is 5.57. The molecule has 1 fully saturated rings. The number of nitrogens with zero attached hydrogens (tertiary/aromatic N) is 2. The molecule has 0 bridgehead atoms. The second kappa shape index (κ2) is 9.85. The van der Waals surface area contributed by atoms with E-state index in [2.05, 4.69) is 10.2 Å². The molecule has 2 heterocycles. The number of hydrogen-bond donors (Lipinski definition) is 1. The van der Waals surface area contributed by atoms with Crippen LogP contribution in [0.1, 0.15) is 9.67 Å². The SMILES string of the molecule is O=C(COc1ccc(Cl)cc1)Nc1ccc(N2CCN(C(=O)c3cccs3)CC2)cc1. The van der Waals surface area contributed by atoms with Gasteiger partial charge < -0.3 is 19.9 Å². The Labute approximate surface area is 190 Å². The van der Waals surface area contributed by atoms with Crippen LogP contribution in [0.2, 0.25) is 5.02 Å². The first-order valence-electron chi connectivity index (χ1n) is 9.94. The van der Waals surface area contributed by atoms with E-state index in [9.17, 15) is 9.59 Å². The number of piperazine rings is 1. The molecule has 1 saturated heterocycles. The van der Waals surface area contributed by atoms with Gasteiger partial charge in [-0.25, -0.2) is 0 Å². The molecule has 1 aliphatic rings. The first-order chi connectivity index (χ1) is 15.1. The van der Waals surface area contributed by atoms with Gasteiger partial charge in [0.1, 0.15) is 5.75 Å². The van der Waals surface area contributed by atoms with Crippen molar-refractivity contribution in [3.8, 4) is 5.75 Å². The van der Waals surface area contributed by atoms with Crippen molar-refractivity contribution in [2.24, 2.45) is 0 Å². The number of hydrogen-bond acceptors (Lipinski definition) is 5. The minimum absolute atomic E-state index is 0.0797. The van der Waals surface area contributed by atoms with Crippen molar-refractivity contribution in [1.82, 2.24) is 4.90 Å². The molecule has 4 rings (SSSR count). The Balaban J connectivity index is 1.25. The lowest BCUT2D eigenvalue weighted by atomic mass is 10.2. The maximum absolute atomic E-state index is 12.5. The van der Waals surface area contributed by atoms with Crippen molar-refractivity contribution in [2.45, 2.75) is 0 Å². The van der Waals surface area contributed by atoms with Gasteiger partial charge in [-0.1, -0.05) is 17.7 Å². The second-order valence-corrected chi connectivity index (χ2v) is 8.48. The van der Waals surface area contributed by atoms with E-state index in [-0.39, 0.29) is 18.4 Å². The Morgan fingerprint density at radius 1 is 0.968 bits per heavy atom. The van der Waals surface area contributed by atoms with E-state index < -0.39 is 0 Å². The van der Waals surface area contributed by atoms with Crippen LogP contribution in [0.4, 0.5) is 11.4 Å². The summed E-state index contributed by atoms with van der Waals surface area (Å²) in [6.45, 7) is 2.85. The number of carbonyl (C=O) groups excluding carboxylic acids is 2. The molecule has 6 nitrogen and oxygen atoms in total. The number of anilines is 2. The predicted octanol–water partition coefficient (Wildman–Crippen LogP) is 4.38. The smallest absolute Gasteiger partial charge is 0.264 e. The predicted molar refractivity (Wildman–Crippen MR) is 124 cm³/mol. The lowest BCUT2D eigenvalue weighted by molar-refractivity contribution is -0.118. The van der Waals surface area contributed by atoms with E-state index in [4.69, 9.17) is 16.3 Å². The Bertz CT molecular complexity index is 1020. The first-order valence-corrected chi connectivity index (χ1v) is 11.2. The maximum Gasteiger partial charge on any atom is 0.264 e. The fourth-order valence-corrected chi connectivity index (χ4v) is 4.17. The van der Waals surface area contributed by atoms with Crippen molar-refractivity contribution < 1.29 is 14.3 Å². The molecular weight excluding hydrogens is 434 g/mol. The van der Waals surface area contributed by atoms with Gasteiger partial charge in [0.15, 0.2) is 6.61 Å². The Morgan fingerprint density at radius 2 is 1.68 bits per heavy atom. The number of benzene rings is 2. The van der Waals surface area contributed by atoms with Gasteiger partial charge in [0.2, 0.25) is 0 Å². The number of nitrogens with one attached hydrogen (secondary N) is 1. The normalized spacial score (nSPS) is 13.7. The summed E-state index contributed by atoms with van der Waals surface area (Å²) in [5, 5.41) is 5.37. The highest BCUT2D eigenvalue weighted by atomic mass is 35.5. The van der Waals surface area contributed by atoms with Crippen molar-refractivity contribution in [2.75, 3.05) is 43.0 Å². The molecule has 3 aromatic rings. The summed E-state index contributed by atoms with van der Waals surface area (Å²) < 4.78 is 5.46. The van der Waals surface area contributed by atoms with Crippen LogP contribution in [0, 0.1) is 0 Å². The molecule has 160 valence electrons. The summed E-state index contributed by atoms with van der Waals surface area (Å²) >= 11 is 7.31. The summed E-state index contributed by atoms with van der Waals surface area (Å²) in [5.41, 5.74) is 1.78. The highest BCUT2D eigenvalue weighted by Gasteiger charge is 2.22. The van der Waals surface area contributed by atoms with Crippen LogP contribution >= 0.6 is 22.9 Å². The molecule has 0 unspecified atom stereocenters. The number of rotatable bonds is 6. The lowest BCUT2D eigenvalue weighted by Gasteiger charge is -2.36. The van der Waals surface area contributed by atoms with Gasteiger partial charge in [-0.3, -0.25) is 9.59 Å². The Hall–Kier alpha value is -3.03. The Kier molecular flexibility index (Phi) is 6.74. The van der Waals surface area contributed by atoms with E-state index in [1.165, 1.54) is 11.3 Å². The summed E-state index contributed by atoms with van der Waals surface area (Å²) in [6.07, 6.45) is 0. The molecule has 31 heavy (non-hydrogen) atoms. The highest BCUT2D eigenvalue weighted by Crippen LogP contribution is 2.21. The zero-order valence-electron chi connectivity index (χ0n) is 16.8. The van der Waals surface area contributed by atoms with E-state index in [1.807, 2.05) is 46.7 Å². The number of amides is 2. The summed E-state index contributed by atoms with van der Waals surface area (Å²) in [6, 6.07) is 18.3. The number of ether oxygens (including phenoxy) is 1. The molecule has 2 amide bonds. The van der Waals surface area contributed by atoms with Crippen molar-refractivity contribution in [3.63, 3.8) is 0 Å². The van der Waals surface area contributed by atoms with Gasteiger partial charge in [0.05, 0.1) is 4.88 Å². The molecule has 0 atom stereocenters. The van der Waals surface area contributed by atoms with Gasteiger partial charge >= 0.3 is 0 Å². The topological polar surface area (TPSA) is 61.9 Å². The van der Waals surface area contributed by atoms with Crippen molar-refractivity contribution >= 4 is 46.1 Å². The van der Waals surface area contributed by atoms with Gasteiger partial charge in [-0.05, 0) is 60.0 Å². The third-order valence-corrected chi connectivity index (χ3v) is 6.11. The average molecular weight is 456 g/mol. The fraction of sp³-hybridized carbons (Fsp3) is 0.217. The van der Waals surface area contributed by atoms with E-state index in [1.54, 1.807) is 24.3 Å². The highest BCUT2D eigenvalue weighted by molar-refractivity contribution is 7.12. The summed E-state index contributed by atoms with van der Waals surface area (Å²) in [4.78, 5) is 29.5. The van der Waals surface area contributed by atoms with Crippen LogP contribution in [-0.4, -0.2) is 49.5 Å². The second-order valence-electron chi connectivity index (χ2n) is 7.09. The fourth-order valence-electron chi connectivity index (χ4n) is 3.36. The van der Waals surface area contributed by atoms with Gasteiger partial charge in [-0.15, -0.1) is 11.3 Å². The molecule has 8 heteroatoms. The van der Waals surface area contributed by atoms with Crippen LogP contribution in [0.5, 0.6) is 5.75 Å². The van der Waals surface area contributed by atoms with Crippen LogP contribution < -0.4 is 15.0 Å². The number of halogens is 1. The monoisotopic (exact) mass is 455 g/mol.